The molecule has 0 aliphatic rings. The lowest BCUT2D eigenvalue weighted by Crippen LogP contribution is -2.27. The zero-order valence-corrected chi connectivity index (χ0v) is 15.6. The lowest BCUT2D eigenvalue weighted by molar-refractivity contribution is 0.0950. The average Bonchev–Trinajstić information content (AvgIpc) is 2.68. The Kier molecular flexibility index (Phi) is 5.56. The summed E-state index contributed by atoms with van der Waals surface area (Å²) in [4.78, 5) is 27.1. The number of aryl methyl sites for hydroxylation is 2. The van der Waals surface area contributed by atoms with Gasteiger partial charge in [0.1, 0.15) is 11.5 Å². The van der Waals surface area contributed by atoms with Gasteiger partial charge in [-0.3, -0.25) is 9.59 Å². The van der Waals surface area contributed by atoms with E-state index in [1.807, 2.05) is 26.0 Å². The minimum Gasteiger partial charge on any atom is -0.457 e. The number of aromatic nitrogens is 1. The molecule has 1 amide bonds. The van der Waals surface area contributed by atoms with Gasteiger partial charge in [-0.2, -0.15) is 5.26 Å². The van der Waals surface area contributed by atoms with Gasteiger partial charge < -0.3 is 15.0 Å². The van der Waals surface area contributed by atoms with Crippen molar-refractivity contribution in [1.82, 2.24) is 10.3 Å². The van der Waals surface area contributed by atoms with Crippen molar-refractivity contribution >= 4 is 5.91 Å². The fraction of sp³-hybridized carbons (Fsp3) is 0.136. The third kappa shape index (κ3) is 4.46. The van der Waals surface area contributed by atoms with Crippen LogP contribution in [0.25, 0.3) is 0 Å². The van der Waals surface area contributed by atoms with Crippen molar-refractivity contribution in [3.63, 3.8) is 0 Å². The number of nitriles is 1. The van der Waals surface area contributed by atoms with Crippen LogP contribution < -0.4 is 15.6 Å². The molecular weight excluding hydrogens is 354 g/mol. The van der Waals surface area contributed by atoms with Gasteiger partial charge in [-0.1, -0.05) is 0 Å². The van der Waals surface area contributed by atoms with Crippen LogP contribution in [-0.2, 0) is 6.54 Å². The molecule has 0 radical (unpaired) electrons. The van der Waals surface area contributed by atoms with Crippen molar-refractivity contribution in [2.45, 2.75) is 20.4 Å². The summed E-state index contributed by atoms with van der Waals surface area (Å²) in [5, 5.41) is 11.6. The topological polar surface area (TPSA) is 95.0 Å². The summed E-state index contributed by atoms with van der Waals surface area (Å²) in [5.74, 6) is 0.904. The number of carbonyl (C=O) groups excluding carboxylic acids is 1. The summed E-state index contributed by atoms with van der Waals surface area (Å²) in [7, 11) is 0. The van der Waals surface area contributed by atoms with E-state index >= 15 is 0 Å². The first-order valence-electron chi connectivity index (χ1n) is 8.72. The van der Waals surface area contributed by atoms with Crippen LogP contribution >= 0.6 is 0 Å². The van der Waals surface area contributed by atoms with E-state index in [-0.39, 0.29) is 18.0 Å². The van der Waals surface area contributed by atoms with Crippen molar-refractivity contribution in [2.75, 3.05) is 0 Å². The van der Waals surface area contributed by atoms with Gasteiger partial charge in [0.05, 0.1) is 11.6 Å². The number of aromatic amines is 1. The maximum Gasteiger partial charge on any atom is 0.253 e. The normalized spacial score (nSPS) is 10.2. The molecule has 6 heteroatoms. The molecule has 0 bridgehead atoms. The Bertz CT molecular complexity index is 1090. The number of nitrogens with one attached hydrogen (secondary N) is 2. The Morgan fingerprint density at radius 1 is 1.07 bits per heavy atom. The Morgan fingerprint density at radius 3 is 2.25 bits per heavy atom. The second kappa shape index (κ2) is 8.23. The van der Waals surface area contributed by atoms with Crippen molar-refractivity contribution < 1.29 is 9.53 Å². The minimum atomic E-state index is -0.274. The number of hydrogen-bond donors (Lipinski definition) is 2. The highest BCUT2D eigenvalue weighted by atomic mass is 16.5. The van der Waals surface area contributed by atoms with Crippen molar-refractivity contribution in [2.24, 2.45) is 0 Å². The molecule has 0 aliphatic carbocycles. The van der Waals surface area contributed by atoms with Crippen molar-refractivity contribution in [1.29, 1.82) is 5.26 Å². The number of benzene rings is 2. The summed E-state index contributed by atoms with van der Waals surface area (Å²) in [6.45, 7) is 3.82. The first-order valence-corrected chi connectivity index (χ1v) is 8.72. The fourth-order valence-electron chi connectivity index (χ4n) is 2.78. The zero-order valence-electron chi connectivity index (χ0n) is 15.6. The van der Waals surface area contributed by atoms with E-state index in [1.54, 1.807) is 48.5 Å². The van der Waals surface area contributed by atoms with Crippen molar-refractivity contribution in [3.05, 3.63) is 92.9 Å². The number of H-pyrrole nitrogens is 1. The van der Waals surface area contributed by atoms with E-state index in [4.69, 9.17) is 10.00 Å². The summed E-state index contributed by atoms with van der Waals surface area (Å²) >= 11 is 0. The summed E-state index contributed by atoms with van der Waals surface area (Å²) in [6, 6.07) is 17.4. The first kappa shape index (κ1) is 18.9. The number of ether oxygens (including phenoxy) is 1. The Balaban J connectivity index is 1.63. The van der Waals surface area contributed by atoms with Crippen LogP contribution in [0.2, 0.25) is 0 Å². The average molecular weight is 373 g/mol. The number of nitrogens with zero attached hydrogens (tertiary/aromatic N) is 1. The second-order valence-corrected chi connectivity index (χ2v) is 6.39. The van der Waals surface area contributed by atoms with Gasteiger partial charge in [0.15, 0.2) is 0 Å². The number of pyridine rings is 1. The zero-order chi connectivity index (χ0) is 20.1. The van der Waals surface area contributed by atoms with Crippen LogP contribution in [0.1, 0.15) is 32.7 Å². The molecule has 1 aromatic heterocycles. The Morgan fingerprint density at radius 2 is 1.68 bits per heavy atom. The molecule has 0 saturated heterocycles. The molecule has 0 atom stereocenters. The SMILES string of the molecule is Cc1cc(C)c(CNC(=O)c2ccc(Oc3ccc(C#N)cc3)cc2)c(=O)[nH]1. The summed E-state index contributed by atoms with van der Waals surface area (Å²) in [5.41, 5.74) is 3.00. The van der Waals surface area contributed by atoms with E-state index in [0.717, 1.165) is 11.3 Å². The fourth-order valence-corrected chi connectivity index (χ4v) is 2.78. The highest BCUT2D eigenvalue weighted by Gasteiger charge is 2.10. The van der Waals surface area contributed by atoms with E-state index < -0.39 is 0 Å². The molecular formula is C22H19N3O3. The standard InChI is InChI=1S/C22H19N3O3/c1-14-11-15(2)25-22(27)20(14)13-24-21(26)17-5-9-19(10-6-17)28-18-7-3-16(12-23)4-8-18/h3-11H,13H2,1-2H3,(H,24,26)(H,25,27). The number of rotatable bonds is 5. The monoisotopic (exact) mass is 373 g/mol. The molecule has 0 unspecified atom stereocenters. The van der Waals surface area contributed by atoms with Crippen LogP contribution in [0.3, 0.4) is 0 Å². The number of hydrogen-bond acceptors (Lipinski definition) is 4. The van der Waals surface area contributed by atoms with Crippen LogP contribution in [-0.4, -0.2) is 10.9 Å². The van der Waals surface area contributed by atoms with Gasteiger partial charge in [0.25, 0.3) is 11.5 Å². The molecule has 0 saturated carbocycles. The van der Waals surface area contributed by atoms with Gasteiger partial charge in [0, 0.05) is 23.4 Å². The van der Waals surface area contributed by atoms with Crippen molar-refractivity contribution in [3.8, 4) is 17.6 Å². The highest BCUT2D eigenvalue weighted by molar-refractivity contribution is 5.94. The molecule has 2 aromatic carbocycles. The molecule has 3 aromatic rings. The van der Waals surface area contributed by atoms with Gasteiger partial charge in [-0.25, -0.2) is 0 Å². The van der Waals surface area contributed by atoms with E-state index in [9.17, 15) is 9.59 Å². The van der Waals surface area contributed by atoms with Crippen LogP contribution in [0.5, 0.6) is 11.5 Å². The highest BCUT2D eigenvalue weighted by Crippen LogP contribution is 2.22. The third-order valence-corrected chi connectivity index (χ3v) is 4.26. The molecule has 0 fully saturated rings. The summed E-state index contributed by atoms with van der Waals surface area (Å²) < 4.78 is 5.70. The molecule has 140 valence electrons. The van der Waals surface area contributed by atoms with Crippen LogP contribution in [0.15, 0.2) is 59.4 Å². The molecule has 2 N–H and O–H groups in total. The summed E-state index contributed by atoms with van der Waals surface area (Å²) in [6.07, 6.45) is 0. The molecule has 1 heterocycles. The molecule has 0 aliphatic heterocycles. The minimum absolute atomic E-state index is 0.157. The van der Waals surface area contributed by atoms with Crippen LogP contribution in [0.4, 0.5) is 0 Å². The molecule has 3 rings (SSSR count). The molecule has 28 heavy (non-hydrogen) atoms. The molecule has 0 spiro atoms. The van der Waals surface area contributed by atoms with E-state index in [2.05, 4.69) is 10.3 Å². The predicted molar refractivity (Wildman–Crippen MR) is 105 cm³/mol. The predicted octanol–water partition coefficient (Wildman–Crippen LogP) is 3.59. The van der Waals surface area contributed by atoms with Gasteiger partial charge in [-0.15, -0.1) is 0 Å². The largest absolute Gasteiger partial charge is 0.457 e. The molecule has 6 nitrogen and oxygen atoms in total. The van der Waals surface area contributed by atoms with Gasteiger partial charge in [-0.05, 0) is 74.0 Å². The maximum atomic E-state index is 12.4. The van der Waals surface area contributed by atoms with Crippen LogP contribution in [0, 0.1) is 25.2 Å². The second-order valence-electron chi connectivity index (χ2n) is 6.39. The smallest absolute Gasteiger partial charge is 0.253 e. The number of carbonyl (C=O) groups is 1. The third-order valence-electron chi connectivity index (χ3n) is 4.26. The lowest BCUT2D eigenvalue weighted by atomic mass is 10.1. The van der Waals surface area contributed by atoms with E-state index in [0.29, 0.717) is 28.2 Å². The quantitative estimate of drug-likeness (QED) is 0.714. The number of amides is 1. The maximum absolute atomic E-state index is 12.4. The Labute approximate surface area is 162 Å². The van der Waals surface area contributed by atoms with E-state index in [1.165, 1.54) is 0 Å². The Hall–Kier alpha value is -3.85. The van der Waals surface area contributed by atoms with Gasteiger partial charge in [0.2, 0.25) is 0 Å². The lowest BCUT2D eigenvalue weighted by Gasteiger charge is -2.09. The first-order chi connectivity index (χ1) is 13.5. The van der Waals surface area contributed by atoms with Gasteiger partial charge >= 0.3 is 0 Å².